The molecule has 5 nitrogen and oxygen atoms in total. The highest BCUT2D eigenvalue weighted by atomic mass is 16.5. The van der Waals surface area contributed by atoms with Gasteiger partial charge in [-0.2, -0.15) is 0 Å². The summed E-state index contributed by atoms with van der Waals surface area (Å²) in [4.78, 5) is 2.45. The van der Waals surface area contributed by atoms with E-state index >= 15 is 0 Å². The summed E-state index contributed by atoms with van der Waals surface area (Å²) in [6.07, 6.45) is 6.91. The lowest BCUT2D eigenvalue weighted by atomic mass is 9.83. The molecule has 5 rings (SSSR count). The largest absolute Gasteiger partial charge is 0.508 e. The molecule has 3 aliphatic rings. The number of fused-ring (bicyclic) bond motifs is 1. The number of likely N-dealkylation sites (tertiary alicyclic amines) is 1. The van der Waals surface area contributed by atoms with Gasteiger partial charge in [0, 0.05) is 23.6 Å². The molecule has 5 heteroatoms. The average molecular weight is 446 g/mol. The first-order chi connectivity index (χ1) is 16.0. The first-order valence-corrected chi connectivity index (χ1v) is 11.8. The Morgan fingerprint density at radius 2 is 1.88 bits per heavy atom. The fourth-order valence-corrected chi connectivity index (χ4v) is 4.83. The molecule has 2 aromatic rings. The van der Waals surface area contributed by atoms with Crippen molar-refractivity contribution in [2.45, 2.75) is 45.3 Å². The van der Waals surface area contributed by atoms with Gasteiger partial charge in [-0.3, -0.25) is 4.90 Å². The minimum Gasteiger partial charge on any atom is -0.508 e. The van der Waals surface area contributed by atoms with Crippen LogP contribution >= 0.6 is 0 Å². The van der Waals surface area contributed by atoms with Crippen molar-refractivity contribution < 1.29 is 19.7 Å². The molecular formula is C28H31NO4. The zero-order valence-electron chi connectivity index (χ0n) is 19.3. The highest BCUT2D eigenvalue weighted by Crippen LogP contribution is 2.45. The molecule has 2 heterocycles. The van der Waals surface area contributed by atoms with Crippen molar-refractivity contribution in [1.82, 2.24) is 4.90 Å². The number of phenols is 2. The summed E-state index contributed by atoms with van der Waals surface area (Å²) in [5, 5.41) is 20.2. The summed E-state index contributed by atoms with van der Waals surface area (Å²) < 4.78 is 12.6. The molecule has 1 fully saturated rings. The van der Waals surface area contributed by atoms with Crippen LogP contribution < -0.4 is 4.74 Å². The van der Waals surface area contributed by atoms with Gasteiger partial charge in [0.2, 0.25) is 0 Å². The Morgan fingerprint density at radius 3 is 2.58 bits per heavy atom. The Kier molecular flexibility index (Phi) is 5.90. The maximum atomic E-state index is 10.1. The molecule has 0 bridgehead atoms. The van der Waals surface area contributed by atoms with E-state index in [1.807, 2.05) is 18.2 Å². The highest BCUT2D eigenvalue weighted by molar-refractivity contribution is 5.96. The van der Waals surface area contributed by atoms with Crippen molar-refractivity contribution in [3.05, 3.63) is 77.1 Å². The first kappa shape index (κ1) is 21.7. The van der Waals surface area contributed by atoms with Gasteiger partial charge in [-0.05, 0) is 92.9 Å². The van der Waals surface area contributed by atoms with Gasteiger partial charge in [0.25, 0.3) is 0 Å². The van der Waals surface area contributed by atoms with E-state index in [0.717, 1.165) is 53.2 Å². The maximum Gasteiger partial charge on any atom is 0.146 e. The fraction of sp³-hybridized carbons (Fsp3) is 0.357. The third-order valence-corrected chi connectivity index (χ3v) is 6.94. The molecule has 1 unspecified atom stereocenters. The molecule has 172 valence electrons. The van der Waals surface area contributed by atoms with Crippen LogP contribution in [0.5, 0.6) is 17.2 Å². The predicted molar refractivity (Wildman–Crippen MR) is 130 cm³/mol. The number of rotatable bonds is 6. The quantitative estimate of drug-likeness (QED) is 0.614. The lowest BCUT2D eigenvalue weighted by Crippen LogP contribution is -2.45. The normalized spacial score (nSPS) is 21.3. The number of benzene rings is 2. The highest BCUT2D eigenvalue weighted by Gasteiger charge is 2.32. The van der Waals surface area contributed by atoms with E-state index in [2.05, 4.69) is 30.9 Å². The first-order valence-electron chi connectivity index (χ1n) is 11.8. The van der Waals surface area contributed by atoms with Crippen molar-refractivity contribution in [2.24, 2.45) is 0 Å². The van der Waals surface area contributed by atoms with Crippen molar-refractivity contribution in [1.29, 1.82) is 0 Å². The molecule has 2 aliphatic heterocycles. The zero-order valence-corrected chi connectivity index (χ0v) is 19.3. The minimum atomic E-state index is -0.262. The SMILES string of the molecule is CC1=C(c2cccc(O)c2)C(C2=CC=C(OC[C@H](C)N3CCC3)CC2)Oc2ccc(O)cc21. The average Bonchev–Trinajstić information content (AvgIpc) is 2.77. The van der Waals surface area contributed by atoms with Crippen molar-refractivity contribution >= 4 is 11.1 Å². The summed E-state index contributed by atoms with van der Waals surface area (Å²) in [5.41, 5.74) is 5.02. The number of nitrogens with zero attached hydrogens (tertiary/aromatic N) is 1. The standard InChI is InChI=1S/C28H31NO4/c1-18(29-13-4-14-29)17-32-24-10-7-20(8-11-24)28-27(21-5-3-6-22(30)15-21)19(2)25-16-23(31)9-12-26(25)33-28/h3,5-7,9-10,12,15-16,18,28,30-31H,4,8,11,13-14,17H2,1-2H3/t18-,28?/m0/s1. The summed E-state index contributed by atoms with van der Waals surface area (Å²) >= 11 is 0. The number of allylic oxidation sites excluding steroid dienone is 4. The van der Waals surface area contributed by atoms with Gasteiger partial charge < -0.3 is 19.7 Å². The molecule has 0 spiro atoms. The molecule has 33 heavy (non-hydrogen) atoms. The van der Waals surface area contributed by atoms with Crippen LogP contribution in [0.25, 0.3) is 11.1 Å². The van der Waals surface area contributed by atoms with E-state index in [1.54, 1.807) is 24.3 Å². The lowest BCUT2D eigenvalue weighted by molar-refractivity contribution is 0.0631. The van der Waals surface area contributed by atoms with Gasteiger partial charge in [-0.15, -0.1) is 0 Å². The molecule has 0 radical (unpaired) electrons. The topological polar surface area (TPSA) is 62.2 Å². The van der Waals surface area contributed by atoms with Gasteiger partial charge in [-0.1, -0.05) is 18.2 Å². The predicted octanol–water partition coefficient (Wildman–Crippen LogP) is 5.50. The van der Waals surface area contributed by atoms with Crippen LogP contribution in [0.1, 0.15) is 44.2 Å². The molecule has 0 saturated carbocycles. The number of hydrogen-bond donors (Lipinski definition) is 2. The van der Waals surface area contributed by atoms with Gasteiger partial charge in [0.05, 0.1) is 5.76 Å². The van der Waals surface area contributed by atoms with Crippen molar-refractivity contribution in [2.75, 3.05) is 19.7 Å². The maximum absolute atomic E-state index is 10.1. The van der Waals surface area contributed by atoms with Crippen LogP contribution in [0.4, 0.5) is 0 Å². The summed E-state index contributed by atoms with van der Waals surface area (Å²) in [6, 6.07) is 13.0. The van der Waals surface area contributed by atoms with Crippen LogP contribution in [-0.4, -0.2) is 47.0 Å². The molecule has 2 atom stereocenters. The van der Waals surface area contributed by atoms with E-state index in [0.29, 0.717) is 6.04 Å². The third kappa shape index (κ3) is 4.38. The second-order valence-electron chi connectivity index (χ2n) is 9.19. The summed E-state index contributed by atoms with van der Waals surface area (Å²) in [7, 11) is 0. The van der Waals surface area contributed by atoms with E-state index < -0.39 is 0 Å². The summed E-state index contributed by atoms with van der Waals surface area (Å²) in [6.45, 7) is 7.35. The van der Waals surface area contributed by atoms with E-state index in [1.165, 1.54) is 25.1 Å². The van der Waals surface area contributed by atoms with Crippen LogP contribution in [0, 0.1) is 0 Å². The molecule has 1 aliphatic carbocycles. The lowest BCUT2D eigenvalue weighted by Gasteiger charge is -2.36. The van der Waals surface area contributed by atoms with Crippen molar-refractivity contribution in [3.8, 4) is 17.2 Å². The Bertz CT molecular complexity index is 1140. The second-order valence-corrected chi connectivity index (χ2v) is 9.19. The van der Waals surface area contributed by atoms with E-state index in [9.17, 15) is 10.2 Å². The minimum absolute atomic E-state index is 0.208. The third-order valence-electron chi connectivity index (χ3n) is 6.94. The van der Waals surface area contributed by atoms with Crippen LogP contribution in [-0.2, 0) is 4.74 Å². The Morgan fingerprint density at radius 1 is 1.06 bits per heavy atom. The number of aromatic hydroxyl groups is 2. The summed E-state index contributed by atoms with van der Waals surface area (Å²) in [5.74, 6) is 2.21. The van der Waals surface area contributed by atoms with Gasteiger partial charge in [-0.25, -0.2) is 0 Å². The zero-order chi connectivity index (χ0) is 22.9. The Labute approximate surface area is 195 Å². The van der Waals surface area contributed by atoms with Crippen LogP contribution in [0.15, 0.2) is 65.9 Å². The van der Waals surface area contributed by atoms with Gasteiger partial charge in [0.15, 0.2) is 0 Å². The molecule has 0 amide bonds. The smallest absolute Gasteiger partial charge is 0.146 e. The Hall–Kier alpha value is -3.18. The molecule has 0 aromatic heterocycles. The number of ether oxygens (including phenoxy) is 2. The second kappa shape index (κ2) is 8.99. The van der Waals surface area contributed by atoms with E-state index in [-0.39, 0.29) is 17.6 Å². The number of hydrogen-bond acceptors (Lipinski definition) is 5. The van der Waals surface area contributed by atoms with Gasteiger partial charge >= 0.3 is 0 Å². The molecule has 2 aromatic carbocycles. The van der Waals surface area contributed by atoms with Gasteiger partial charge in [0.1, 0.15) is 30.0 Å². The fourth-order valence-electron chi connectivity index (χ4n) is 4.83. The molecule has 2 N–H and O–H groups in total. The molecule has 1 saturated heterocycles. The number of phenolic OH excluding ortho intramolecular Hbond substituents is 2. The van der Waals surface area contributed by atoms with Crippen molar-refractivity contribution in [3.63, 3.8) is 0 Å². The van der Waals surface area contributed by atoms with Crippen LogP contribution in [0.3, 0.4) is 0 Å². The van der Waals surface area contributed by atoms with Crippen LogP contribution in [0.2, 0.25) is 0 Å². The van der Waals surface area contributed by atoms with E-state index in [4.69, 9.17) is 9.47 Å². The monoisotopic (exact) mass is 445 g/mol. The Balaban J connectivity index is 1.44. The molecular weight excluding hydrogens is 414 g/mol.